The zero-order valence-electron chi connectivity index (χ0n) is 18.1. The van der Waals surface area contributed by atoms with Crippen LogP contribution in [0.4, 0.5) is 24.8 Å². The fourth-order valence-corrected chi connectivity index (χ4v) is 3.62. The van der Waals surface area contributed by atoms with Crippen molar-refractivity contribution in [2.75, 3.05) is 5.73 Å². The smallest absolute Gasteiger partial charge is 0.368 e. The molecule has 4 aromatic heterocycles. The molecule has 0 amide bonds. The van der Waals surface area contributed by atoms with Crippen molar-refractivity contribution in [3.8, 4) is 22.5 Å². The minimum atomic E-state index is -4.56. The fraction of sp³-hybridized carbons (Fsp3) is 0.136. The lowest BCUT2D eigenvalue weighted by molar-refractivity contribution is -0.141. The lowest BCUT2D eigenvalue weighted by atomic mass is 10.0. The van der Waals surface area contributed by atoms with Crippen molar-refractivity contribution < 1.29 is 13.2 Å². The minimum absolute atomic E-state index is 0.00735. The van der Waals surface area contributed by atoms with Crippen molar-refractivity contribution in [1.29, 1.82) is 0 Å². The van der Waals surface area contributed by atoms with Crippen molar-refractivity contribution >= 4 is 17.3 Å². The summed E-state index contributed by atoms with van der Waals surface area (Å²) >= 11 is 0. The van der Waals surface area contributed by atoms with E-state index in [0.717, 1.165) is 6.07 Å². The van der Waals surface area contributed by atoms with Crippen LogP contribution in [0.1, 0.15) is 17.2 Å². The molecule has 0 spiro atoms. The molecule has 0 radical (unpaired) electrons. The number of hydrogen-bond acceptors (Lipinski definition) is 7. The van der Waals surface area contributed by atoms with Gasteiger partial charge >= 0.3 is 6.18 Å². The summed E-state index contributed by atoms with van der Waals surface area (Å²) < 4.78 is 41.7. The van der Waals surface area contributed by atoms with Gasteiger partial charge in [-0.05, 0) is 30.7 Å². The van der Waals surface area contributed by atoms with E-state index in [4.69, 9.17) is 12.3 Å². The van der Waals surface area contributed by atoms with Crippen molar-refractivity contribution in [2.24, 2.45) is 0 Å². The predicted octanol–water partition coefficient (Wildman–Crippen LogP) is 3.95. The number of rotatable bonds is 4. The van der Waals surface area contributed by atoms with Crippen LogP contribution in [0.5, 0.6) is 0 Å². The highest BCUT2D eigenvalue weighted by Crippen LogP contribution is 2.35. The number of nitrogens with zero attached hydrogens (tertiary/aromatic N) is 9. The van der Waals surface area contributed by atoms with Crippen LogP contribution in [0.2, 0.25) is 0 Å². The molecule has 35 heavy (non-hydrogen) atoms. The maximum Gasteiger partial charge on any atom is 0.435 e. The highest BCUT2D eigenvalue weighted by atomic mass is 19.4. The molecule has 0 atom stereocenters. The largest absolute Gasteiger partial charge is 0.435 e. The van der Waals surface area contributed by atoms with E-state index in [1.165, 1.54) is 22.4 Å². The molecule has 0 unspecified atom stereocenters. The second kappa shape index (κ2) is 8.17. The highest BCUT2D eigenvalue weighted by Gasteiger charge is 2.34. The Bertz CT molecular complexity index is 1600. The van der Waals surface area contributed by atoms with E-state index in [1.807, 2.05) is 0 Å². The molecule has 0 aliphatic rings. The highest BCUT2D eigenvalue weighted by molar-refractivity contribution is 5.89. The van der Waals surface area contributed by atoms with Gasteiger partial charge in [-0.25, -0.2) is 24.8 Å². The number of halogens is 3. The lowest BCUT2D eigenvalue weighted by Gasteiger charge is -2.11. The minimum Gasteiger partial charge on any atom is -0.368 e. The monoisotopic (exact) mass is 476 g/mol. The van der Waals surface area contributed by atoms with Crippen LogP contribution in [-0.4, -0.2) is 39.3 Å². The summed E-state index contributed by atoms with van der Waals surface area (Å²) in [6.45, 7) is 8.72. The first-order valence-corrected chi connectivity index (χ1v) is 10.2. The van der Waals surface area contributed by atoms with E-state index in [1.54, 1.807) is 36.5 Å². The Hall–Kier alpha value is -4.86. The number of aryl methyl sites for hydroxylation is 1. The zero-order valence-corrected chi connectivity index (χ0v) is 18.1. The van der Waals surface area contributed by atoms with Crippen LogP contribution in [0.25, 0.3) is 33.0 Å². The van der Waals surface area contributed by atoms with Crippen molar-refractivity contribution in [1.82, 2.24) is 39.3 Å². The number of alkyl halides is 3. The summed E-state index contributed by atoms with van der Waals surface area (Å²) in [5.41, 5.74) is 8.21. The molecule has 5 rings (SSSR count). The molecule has 5 aromatic rings. The Morgan fingerprint density at radius 2 is 1.94 bits per heavy atom. The van der Waals surface area contributed by atoms with Gasteiger partial charge in [0, 0.05) is 11.9 Å². The maximum atomic E-state index is 13.1. The number of hydrogen-bond donors (Lipinski definition) is 1. The van der Waals surface area contributed by atoms with Crippen LogP contribution >= 0.6 is 0 Å². The van der Waals surface area contributed by atoms with Crippen LogP contribution in [0, 0.1) is 13.5 Å². The van der Waals surface area contributed by atoms with Crippen LogP contribution in [0.15, 0.2) is 48.9 Å². The number of nitrogen functional groups attached to an aromatic ring is 1. The van der Waals surface area contributed by atoms with E-state index in [2.05, 4.69) is 35.0 Å². The third-order valence-corrected chi connectivity index (χ3v) is 5.20. The van der Waals surface area contributed by atoms with Gasteiger partial charge in [-0.2, -0.15) is 22.8 Å². The summed E-state index contributed by atoms with van der Waals surface area (Å²) in [6.07, 6.45) is -1.65. The predicted molar refractivity (Wildman–Crippen MR) is 119 cm³/mol. The first-order chi connectivity index (χ1) is 16.7. The molecular weight excluding hydrogens is 461 g/mol. The zero-order chi connectivity index (χ0) is 24.7. The Labute approximate surface area is 195 Å². The number of fused-ring (bicyclic) bond motifs is 1. The molecule has 0 bridgehead atoms. The van der Waals surface area contributed by atoms with Crippen LogP contribution in [0.3, 0.4) is 0 Å². The molecule has 2 N–H and O–H groups in total. The summed E-state index contributed by atoms with van der Waals surface area (Å²) in [7, 11) is 0. The molecule has 13 heteroatoms. The Balaban J connectivity index is 1.70. The van der Waals surface area contributed by atoms with E-state index in [9.17, 15) is 13.2 Å². The van der Waals surface area contributed by atoms with Gasteiger partial charge in [0.2, 0.25) is 5.95 Å². The molecule has 0 aliphatic heterocycles. The lowest BCUT2D eigenvalue weighted by Crippen LogP contribution is -2.10. The van der Waals surface area contributed by atoms with E-state index < -0.39 is 11.9 Å². The summed E-state index contributed by atoms with van der Waals surface area (Å²) in [5.74, 6) is 0.189. The standard InChI is InChI=1S/C22H15F3N10/c1-12-8-16(22(23,24)25)32-34(12)10-17-30-20-18(15-6-7-28-11-29-15)19(31-21(26)35(20)33-17)13-4-3-5-14(9-13)27-2/h3-9,11H,10H2,1H3,(H2,26,31). The molecule has 10 nitrogen and oxygen atoms in total. The number of anilines is 1. The van der Waals surface area contributed by atoms with Crippen molar-refractivity contribution in [3.05, 3.63) is 77.6 Å². The topological polar surface area (TPSA) is 117 Å². The van der Waals surface area contributed by atoms with Gasteiger partial charge in [0.05, 0.1) is 23.5 Å². The molecule has 0 fully saturated rings. The second-order valence-corrected chi connectivity index (χ2v) is 7.54. The van der Waals surface area contributed by atoms with Crippen LogP contribution in [-0.2, 0) is 12.7 Å². The van der Waals surface area contributed by atoms with E-state index in [-0.39, 0.29) is 18.3 Å². The van der Waals surface area contributed by atoms with E-state index in [0.29, 0.717) is 39.5 Å². The third kappa shape index (κ3) is 4.01. The summed E-state index contributed by atoms with van der Waals surface area (Å²) in [4.78, 5) is 20.8. The molecular formula is C22H15F3N10. The summed E-state index contributed by atoms with van der Waals surface area (Å²) in [5, 5.41) is 8.00. The SMILES string of the molecule is [C-]#[N+]c1cccc(-c2nc(N)n3nc(Cn4nc(C(F)(F)F)cc4C)nc3c2-c2ccncn2)c1. The molecule has 174 valence electrons. The van der Waals surface area contributed by atoms with Gasteiger partial charge in [0.1, 0.15) is 12.9 Å². The number of aromatic nitrogens is 8. The van der Waals surface area contributed by atoms with Gasteiger partial charge in [-0.15, -0.1) is 5.10 Å². The average Bonchev–Trinajstić information content (AvgIpc) is 3.43. The van der Waals surface area contributed by atoms with Gasteiger partial charge in [0.25, 0.3) is 0 Å². The molecule has 4 heterocycles. The normalized spacial score (nSPS) is 11.6. The fourth-order valence-electron chi connectivity index (χ4n) is 3.62. The third-order valence-electron chi connectivity index (χ3n) is 5.20. The molecule has 0 saturated heterocycles. The Morgan fingerprint density at radius 1 is 1.11 bits per heavy atom. The van der Waals surface area contributed by atoms with Crippen molar-refractivity contribution in [2.45, 2.75) is 19.6 Å². The van der Waals surface area contributed by atoms with Crippen molar-refractivity contribution in [3.63, 3.8) is 0 Å². The average molecular weight is 476 g/mol. The quantitative estimate of drug-likeness (QED) is 0.390. The molecule has 0 saturated carbocycles. The van der Waals surface area contributed by atoms with Gasteiger partial charge in [0.15, 0.2) is 22.9 Å². The maximum absolute atomic E-state index is 13.1. The van der Waals surface area contributed by atoms with Crippen LogP contribution < -0.4 is 5.73 Å². The first kappa shape index (κ1) is 22.0. The molecule has 0 aliphatic carbocycles. The Kier molecular flexibility index (Phi) is 5.13. The van der Waals surface area contributed by atoms with Gasteiger partial charge in [-0.3, -0.25) is 4.68 Å². The van der Waals surface area contributed by atoms with E-state index >= 15 is 0 Å². The second-order valence-electron chi connectivity index (χ2n) is 7.54. The Morgan fingerprint density at radius 3 is 2.63 bits per heavy atom. The van der Waals surface area contributed by atoms with Gasteiger partial charge in [-0.1, -0.05) is 18.2 Å². The van der Waals surface area contributed by atoms with Gasteiger partial charge < -0.3 is 5.73 Å². The first-order valence-electron chi connectivity index (χ1n) is 10.2. The number of benzene rings is 1. The molecule has 1 aromatic carbocycles. The number of nitrogens with two attached hydrogens (primary N) is 1. The summed E-state index contributed by atoms with van der Waals surface area (Å²) in [6, 6.07) is 9.46.